The zero-order chi connectivity index (χ0) is 18.8. The molecule has 0 aromatic heterocycles. The van der Waals surface area contributed by atoms with Gasteiger partial charge in [-0.1, -0.05) is 25.1 Å². The van der Waals surface area contributed by atoms with Crippen LogP contribution in [0.1, 0.15) is 49.8 Å². The molecule has 4 heteroatoms. The maximum Gasteiger partial charge on any atom is 0.167 e. The summed E-state index contributed by atoms with van der Waals surface area (Å²) in [7, 11) is 0. The molecule has 1 aromatic carbocycles. The largest absolute Gasteiger partial charge is 0.315 e. The van der Waals surface area contributed by atoms with Crippen molar-refractivity contribution in [2.24, 2.45) is 4.99 Å². The molecule has 0 spiro atoms. The van der Waals surface area contributed by atoms with Crippen LogP contribution >= 0.6 is 0 Å². The van der Waals surface area contributed by atoms with Gasteiger partial charge in [-0.2, -0.15) is 0 Å². The minimum atomic E-state index is 0.244. The third-order valence-corrected chi connectivity index (χ3v) is 5.95. The Morgan fingerprint density at radius 1 is 1.33 bits per heavy atom. The van der Waals surface area contributed by atoms with Gasteiger partial charge >= 0.3 is 0 Å². The number of allylic oxidation sites excluding steroid dienone is 3. The highest BCUT2D eigenvalue weighted by Gasteiger charge is 2.28. The predicted octanol–water partition coefficient (Wildman–Crippen LogP) is 3.52. The Hall–Kier alpha value is -2.04. The number of benzene rings is 1. The fourth-order valence-corrected chi connectivity index (χ4v) is 4.35. The van der Waals surface area contributed by atoms with E-state index in [0.29, 0.717) is 12.5 Å². The van der Waals surface area contributed by atoms with E-state index >= 15 is 0 Å². The Kier molecular flexibility index (Phi) is 5.37. The maximum atomic E-state index is 12.8. The van der Waals surface area contributed by atoms with Crippen molar-refractivity contribution in [2.45, 2.75) is 52.1 Å². The van der Waals surface area contributed by atoms with E-state index in [1.54, 1.807) is 0 Å². The first-order valence-electron chi connectivity index (χ1n) is 10.2. The molecule has 27 heavy (non-hydrogen) atoms. The van der Waals surface area contributed by atoms with Crippen molar-refractivity contribution in [3.63, 3.8) is 0 Å². The Morgan fingerprint density at radius 2 is 2.22 bits per heavy atom. The van der Waals surface area contributed by atoms with Crippen molar-refractivity contribution >= 4 is 17.1 Å². The smallest absolute Gasteiger partial charge is 0.167 e. The summed E-state index contributed by atoms with van der Waals surface area (Å²) in [6.45, 7) is 8.55. The summed E-state index contributed by atoms with van der Waals surface area (Å²) in [4.78, 5) is 19.8. The summed E-state index contributed by atoms with van der Waals surface area (Å²) in [5.41, 5.74) is 6.89. The predicted molar refractivity (Wildman–Crippen MR) is 111 cm³/mol. The molecule has 1 fully saturated rings. The molecule has 142 valence electrons. The van der Waals surface area contributed by atoms with E-state index in [0.717, 1.165) is 50.2 Å². The highest BCUT2D eigenvalue weighted by Crippen LogP contribution is 2.35. The first kappa shape index (κ1) is 18.3. The van der Waals surface area contributed by atoms with Crippen molar-refractivity contribution in [1.29, 1.82) is 0 Å². The molecule has 1 aromatic rings. The van der Waals surface area contributed by atoms with E-state index in [2.05, 4.69) is 53.3 Å². The first-order valence-corrected chi connectivity index (χ1v) is 10.2. The van der Waals surface area contributed by atoms with Crippen molar-refractivity contribution < 1.29 is 4.79 Å². The second kappa shape index (κ2) is 7.91. The van der Waals surface area contributed by atoms with Gasteiger partial charge < -0.3 is 5.32 Å². The molecule has 1 aliphatic carbocycles. The van der Waals surface area contributed by atoms with Gasteiger partial charge in [0.05, 0.1) is 0 Å². The van der Waals surface area contributed by atoms with Crippen LogP contribution in [0.5, 0.6) is 0 Å². The second-order valence-electron chi connectivity index (χ2n) is 7.92. The molecule has 0 bridgehead atoms. The number of hydrogen-bond donors (Lipinski definition) is 1. The van der Waals surface area contributed by atoms with Gasteiger partial charge in [0, 0.05) is 56.0 Å². The number of hydrogen-bond acceptors (Lipinski definition) is 4. The molecule has 2 heterocycles. The number of nitrogens with one attached hydrogen (secondary N) is 1. The minimum Gasteiger partial charge on any atom is -0.315 e. The Bertz CT molecular complexity index is 834. The van der Waals surface area contributed by atoms with Crippen LogP contribution in [0.25, 0.3) is 5.57 Å². The maximum absolute atomic E-state index is 12.8. The van der Waals surface area contributed by atoms with Crippen molar-refractivity contribution in [3.05, 3.63) is 52.7 Å². The number of aliphatic imine (C=N–C) groups is 1. The van der Waals surface area contributed by atoms with Gasteiger partial charge in [-0.15, -0.1) is 0 Å². The van der Waals surface area contributed by atoms with Gasteiger partial charge in [-0.05, 0) is 54.6 Å². The lowest BCUT2D eigenvalue weighted by atomic mass is 9.97. The van der Waals surface area contributed by atoms with E-state index in [4.69, 9.17) is 0 Å². The third-order valence-electron chi connectivity index (χ3n) is 5.95. The fraction of sp³-hybridized carbons (Fsp3) is 0.478. The molecule has 4 nitrogen and oxygen atoms in total. The topological polar surface area (TPSA) is 44.7 Å². The normalized spacial score (nSPS) is 24.7. The number of carbonyl (C=O) groups excluding carboxylic acids is 1. The standard InChI is InChI=1S/C23H29N3O/c1-3-20-10-17(14-25-20)11-21-22(27)12-18-6-4-7-19(23(18)21)15-26-9-5-8-24-13-16(26)2/h4,6-7,11,14,16,24H,3,5,8-10,12-13,15H2,1-2H3/b21-11+. The lowest BCUT2D eigenvalue weighted by Gasteiger charge is -2.27. The Balaban J connectivity index is 1.63. The first-order chi connectivity index (χ1) is 13.2. The molecule has 3 aliphatic rings. The summed E-state index contributed by atoms with van der Waals surface area (Å²) < 4.78 is 0. The summed E-state index contributed by atoms with van der Waals surface area (Å²) in [6, 6.07) is 6.93. The number of nitrogens with zero attached hydrogens (tertiary/aromatic N) is 2. The van der Waals surface area contributed by atoms with E-state index in [-0.39, 0.29) is 5.78 Å². The number of carbonyl (C=O) groups is 1. The Morgan fingerprint density at radius 3 is 3.04 bits per heavy atom. The van der Waals surface area contributed by atoms with Gasteiger partial charge in [0.1, 0.15) is 0 Å². The summed E-state index contributed by atoms with van der Waals surface area (Å²) in [5.74, 6) is 0.244. The average molecular weight is 364 g/mol. The molecule has 1 N–H and O–H groups in total. The van der Waals surface area contributed by atoms with Crippen molar-refractivity contribution in [1.82, 2.24) is 10.2 Å². The number of fused-ring (bicyclic) bond motifs is 1. The van der Waals surface area contributed by atoms with Crippen LogP contribution < -0.4 is 5.32 Å². The second-order valence-corrected chi connectivity index (χ2v) is 7.92. The van der Waals surface area contributed by atoms with Crippen molar-refractivity contribution in [3.8, 4) is 0 Å². The van der Waals surface area contributed by atoms with Crippen molar-refractivity contribution in [2.75, 3.05) is 19.6 Å². The molecule has 1 saturated heterocycles. The number of rotatable bonds is 4. The summed E-state index contributed by atoms with van der Waals surface area (Å²) in [6.07, 6.45) is 7.57. The van der Waals surface area contributed by atoms with Gasteiger partial charge in [-0.25, -0.2) is 0 Å². The van der Waals surface area contributed by atoms with E-state index in [9.17, 15) is 4.79 Å². The van der Waals surface area contributed by atoms with Crippen LogP contribution in [0.3, 0.4) is 0 Å². The number of Topliss-reactive ketones (excluding diaryl/α,β-unsaturated/α-hetero) is 1. The molecular weight excluding hydrogens is 334 g/mol. The van der Waals surface area contributed by atoms with Crippen LogP contribution in [0.4, 0.5) is 0 Å². The Labute approximate surface area is 162 Å². The van der Waals surface area contributed by atoms with Gasteiger partial charge in [0.25, 0.3) is 0 Å². The molecular formula is C23H29N3O. The van der Waals surface area contributed by atoms with Gasteiger partial charge in [-0.3, -0.25) is 14.7 Å². The van der Waals surface area contributed by atoms with Gasteiger partial charge in [0.2, 0.25) is 0 Å². The molecule has 4 rings (SSSR count). The molecule has 0 saturated carbocycles. The van der Waals surface area contributed by atoms with Crippen LogP contribution in [-0.4, -0.2) is 42.1 Å². The van der Waals surface area contributed by atoms with Gasteiger partial charge in [0.15, 0.2) is 5.78 Å². The minimum absolute atomic E-state index is 0.244. The lowest BCUT2D eigenvalue weighted by Crippen LogP contribution is -2.37. The molecule has 0 amide bonds. The zero-order valence-corrected chi connectivity index (χ0v) is 16.4. The monoisotopic (exact) mass is 363 g/mol. The van der Waals surface area contributed by atoms with Crippen LogP contribution in [-0.2, 0) is 17.8 Å². The highest BCUT2D eigenvalue weighted by atomic mass is 16.1. The summed E-state index contributed by atoms with van der Waals surface area (Å²) in [5, 5.41) is 3.51. The van der Waals surface area contributed by atoms with Crippen LogP contribution in [0.15, 0.2) is 41.0 Å². The van der Waals surface area contributed by atoms with E-state index in [1.165, 1.54) is 28.8 Å². The third kappa shape index (κ3) is 3.83. The quantitative estimate of drug-likeness (QED) is 0.833. The number of ketones is 1. The SMILES string of the molecule is CCC1=NC=C(/C=C2\C(=O)Cc3cccc(CN4CCCNCC4C)c32)C1. The highest BCUT2D eigenvalue weighted by molar-refractivity contribution is 6.26. The zero-order valence-electron chi connectivity index (χ0n) is 16.4. The average Bonchev–Trinajstić information content (AvgIpc) is 3.19. The lowest BCUT2D eigenvalue weighted by molar-refractivity contribution is -0.112. The van der Waals surface area contributed by atoms with E-state index in [1.807, 2.05) is 6.20 Å². The molecule has 0 radical (unpaired) electrons. The summed E-state index contributed by atoms with van der Waals surface area (Å²) >= 11 is 0. The fourth-order valence-electron chi connectivity index (χ4n) is 4.35. The molecule has 2 aliphatic heterocycles. The molecule has 1 unspecified atom stereocenters. The van der Waals surface area contributed by atoms with Crippen LogP contribution in [0.2, 0.25) is 0 Å². The van der Waals surface area contributed by atoms with Crippen LogP contribution in [0, 0.1) is 0 Å². The molecule has 1 atom stereocenters. The van der Waals surface area contributed by atoms with E-state index < -0.39 is 0 Å².